The number of amides is 2. The predicted octanol–water partition coefficient (Wildman–Crippen LogP) is -1.16. The molecule has 2 fully saturated rings. The topological polar surface area (TPSA) is 70.2 Å². The van der Waals surface area contributed by atoms with Crippen LogP contribution in [0.2, 0.25) is 0 Å². The first-order valence-corrected chi connectivity index (χ1v) is 6.04. The molecule has 0 atom stereocenters. The molecule has 0 aliphatic carbocycles. The van der Waals surface area contributed by atoms with Gasteiger partial charge in [0.1, 0.15) is 0 Å². The molecule has 2 rings (SSSR count). The van der Waals surface area contributed by atoms with Gasteiger partial charge in [-0.15, -0.1) is 5.06 Å². The van der Waals surface area contributed by atoms with Crippen molar-refractivity contribution in [1.82, 2.24) is 14.9 Å². The molecule has 100 valence electrons. The minimum atomic E-state index is -0.553. The van der Waals surface area contributed by atoms with Crippen molar-refractivity contribution in [2.75, 3.05) is 39.8 Å². The SMILES string of the molecule is CN1CCN(CC(=O)ON2C(=O)CCC2=O)CC1. The molecule has 2 aliphatic rings. The van der Waals surface area contributed by atoms with Gasteiger partial charge in [0.2, 0.25) is 0 Å². The minimum absolute atomic E-state index is 0.116. The molecular formula is C11H17N3O4. The van der Waals surface area contributed by atoms with Crippen molar-refractivity contribution in [3.63, 3.8) is 0 Å². The van der Waals surface area contributed by atoms with Crippen molar-refractivity contribution in [3.8, 4) is 0 Å². The summed E-state index contributed by atoms with van der Waals surface area (Å²) in [6.07, 6.45) is 0.251. The molecule has 7 heteroatoms. The maximum Gasteiger partial charge on any atom is 0.347 e. The van der Waals surface area contributed by atoms with Gasteiger partial charge in [0.25, 0.3) is 11.8 Å². The van der Waals surface area contributed by atoms with Crippen LogP contribution in [0.25, 0.3) is 0 Å². The van der Waals surface area contributed by atoms with Gasteiger partial charge in [-0.05, 0) is 7.05 Å². The van der Waals surface area contributed by atoms with Crippen LogP contribution >= 0.6 is 0 Å². The third kappa shape index (κ3) is 3.05. The molecule has 0 spiro atoms. The number of carbonyl (C=O) groups is 3. The summed E-state index contributed by atoms with van der Waals surface area (Å²) < 4.78 is 0. The zero-order chi connectivity index (χ0) is 13.1. The number of rotatable bonds is 3. The first kappa shape index (κ1) is 13.0. The average Bonchev–Trinajstić information content (AvgIpc) is 2.64. The van der Waals surface area contributed by atoms with E-state index in [1.54, 1.807) is 0 Å². The molecule has 2 saturated heterocycles. The highest BCUT2D eigenvalue weighted by Crippen LogP contribution is 2.12. The highest BCUT2D eigenvalue weighted by molar-refractivity contribution is 6.01. The smallest absolute Gasteiger partial charge is 0.329 e. The van der Waals surface area contributed by atoms with Gasteiger partial charge >= 0.3 is 5.97 Å². The van der Waals surface area contributed by atoms with E-state index in [0.717, 1.165) is 26.2 Å². The molecule has 2 heterocycles. The normalized spacial score (nSPS) is 22.6. The van der Waals surface area contributed by atoms with E-state index in [0.29, 0.717) is 5.06 Å². The van der Waals surface area contributed by atoms with Gasteiger partial charge in [-0.2, -0.15) is 0 Å². The second-order valence-corrected chi connectivity index (χ2v) is 4.62. The summed E-state index contributed by atoms with van der Waals surface area (Å²) >= 11 is 0. The summed E-state index contributed by atoms with van der Waals surface area (Å²) in [5.74, 6) is -1.43. The number of hydrogen-bond donors (Lipinski definition) is 0. The second kappa shape index (κ2) is 5.45. The van der Waals surface area contributed by atoms with Crippen molar-refractivity contribution in [2.24, 2.45) is 0 Å². The number of hydroxylamine groups is 2. The molecule has 7 nitrogen and oxygen atoms in total. The third-order valence-corrected chi connectivity index (χ3v) is 3.15. The van der Waals surface area contributed by atoms with Crippen LogP contribution in [0.3, 0.4) is 0 Å². The van der Waals surface area contributed by atoms with E-state index < -0.39 is 17.8 Å². The highest BCUT2D eigenvalue weighted by Gasteiger charge is 2.33. The van der Waals surface area contributed by atoms with E-state index in [4.69, 9.17) is 4.84 Å². The summed E-state index contributed by atoms with van der Waals surface area (Å²) in [6.45, 7) is 3.48. The van der Waals surface area contributed by atoms with Gasteiger partial charge < -0.3 is 9.74 Å². The number of hydrogen-bond acceptors (Lipinski definition) is 6. The van der Waals surface area contributed by atoms with Crippen LogP contribution in [0.5, 0.6) is 0 Å². The Bertz CT molecular complexity index is 347. The Labute approximate surface area is 105 Å². The van der Waals surface area contributed by atoms with Crippen molar-refractivity contribution >= 4 is 17.8 Å². The highest BCUT2D eigenvalue weighted by atomic mass is 16.7. The summed E-state index contributed by atoms with van der Waals surface area (Å²) in [7, 11) is 2.03. The fourth-order valence-electron chi connectivity index (χ4n) is 1.98. The maximum atomic E-state index is 11.6. The molecule has 18 heavy (non-hydrogen) atoms. The van der Waals surface area contributed by atoms with Crippen LogP contribution in [-0.4, -0.2) is 72.4 Å². The van der Waals surface area contributed by atoms with Gasteiger partial charge in [0, 0.05) is 39.0 Å². The zero-order valence-corrected chi connectivity index (χ0v) is 10.4. The van der Waals surface area contributed by atoms with Crippen molar-refractivity contribution in [2.45, 2.75) is 12.8 Å². The van der Waals surface area contributed by atoms with Crippen molar-refractivity contribution < 1.29 is 19.2 Å². The lowest BCUT2D eigenvalue weighted by Crippen LogP contribution is -2.47. The van der Waals surface area contributed by atoms with E-state index in [9.17, 15) is 14.4 Å². The van der Waals surface area contributed by atoms with E-state index in [1.165, 1.54) is 0 Å². The Kier molecular flexibility index (Phi) is 3.93. The number of piperazine rings is 1. The van der Waals surface area contributed by atoms with Gasteiger partial charge in [-0.1, -0.05) is 0 Å². The van der Waals surface area contributed by atoms with Crippen LogP contribution in [0.4, 0.5) is 0 Å². The van der Waals surface area contributed by atoms with Gasteiger partial charge in [0.15, 0.2) is 0 Å². The number of likely N-dealkylation sites (N-methyl/N-ethyl adjacent to an activating group) is 1. The summed E-state index contributed by atoms with van der Waals surface area (Å²) in [4.78, 5) is 43.1. The van der Waals surface area contributed by atoms with E-state index in [1.807, 2.05) is 11.9 Å². The van der Waals surface area contributed by atoms with Gasteiger partial charge in [0.05, 0.1) is 6.54 Å². The Morgan fingerprint density at radius 1 is 1.11 bits per heavy atom. The summed E-state index contributed by atoms with van der Waals surface area (Å²) in [5.41, 5.74) is 0. The molecular weight excluding hydrogens is 238 g/mol. The lowest BCUT2D eigenvalue weighted by Gasteiger charge is -2.31. The number of imide groups is 1. The van der Waals surface area contributed by atoms with E-state index >= 15 is 0 Å². The van der Waals surface area contributed by atoms with Gasteiger partial charge in [-0.25, -0.2) is 4.79 Å². The van der Waals surface area contributed by atoms with Crippen LogP contribution in [-0.2, 0) is 19.2 Å². The molecule has 2 aliphatic heterocycles. The fraction of sp³-hybridized carbons (Fsp3) is 0.727. The molecule has 0 aromatic heterocycles. The molecule has 0 radical (unpaired) electrons. The number of nitrogens with zero attached hydrogens (tertiary/aromatic N) is 3. The first-order valence-electron chi connectivity index (χ1n) is 6.04. The van der Waals surface area contributed by atoms with E-state index in [2.05, 4.69) is 4.90 Å². The lowest BCUT2D eigenvalue weighted by atomic mass is 10.3. The van der Waals surface area contributed by atoms with Crippen LogP contribution in [0, 0.1) is 0 Å². The number of carbonyl (C=O) groups excluding carboxylic acids is 3. The lowest BCUT2D eigenvalue weighted by molar-refractivity contribution is -0.198. The summed E-state index contributed by atoms with van der Waals surface area (Å²) in [6, 6.07) is 0. The zero-order valence-electron chi connectivity index (χ0n) is 10.4. The predicted molar refractivity (Wildman–Crippen MR) is 61.1 cm³/mol. The Hall–Kier alpha value is -1.47. The average molecular weight is 255 g/mol. The van der Waals surface area contributed by atoms with Crippen molar-refractivity contribution in [1.29, 1.82) is 0 Å². The minimum Gasteiger partial charge on any atom is -0.329 e. The Balaban J connectivity index is 1.78. The van der Waals surface area contributed by atoms with Crippen LogP contribution in [0.15, 0.2) is 0 Å². The molecule has 0 N–H and O–H groups in total. The quantitative estimate of drug-likeness (QED) is 0.593. The molecule has 0 saturated carbocycles. The standard InChI is InChI=1S/C11H17N3O4/c1-12-4-6-13(7-5-12)8-11(17)18-14-9(15)2-3-10(14)16/h2-8H2,1H3. The Morgan fingerprint density at radius 3 is 2.22 bits per heavy atom. The first-order chi connectivity index (χ1) is 8.56. The second-order valence-electron chi connectivity index (χ2n) is 4.62. The van der Waals surface area contributed by atoms with Gasteiger partial charge in [-0.3, -0.25) is 14.5 Å². The molecule has 0 aromatic carbocycles. The molecule has 2 amide bonds. The molecule has 0 unspecified atom stereocenters. The molecule has 0 aromatic rings. The summed E-state index contributed by atoms with van der Waals surface area (Å²) in [5, 5.41) is 0.596. The molecule has 0 bridgehead atoms. The van der Waals surface area contributed by atoms with Crippen molar-refractivity contribution in [3.05, 3.63) is 0 Å². The third-order valence-electron chi connectivity index (χ3n) is 3.15. The largest absolute Gasteiger partial charge is 0.347 e. The van der Waals surface area contributed by atoms with Crippen LogP contribution in [0.1, 0.15) is 12.8 Å². The van der Waals surface area contributed by atoms with E-state index in [-0.39, 0.29) is 19.4 Å². The Morgan fingerprint density at radius 2 is 1.67 bits per heavy atom. The fourth-order valence-corrected chi connectivity index (χ4v) is 1.98. The maximum absolute atomic E-state index is 11.6. The van der Waals surface area contributed by atoms with Crippen LogP contribution < -0.4 is 0 Å². The monoisotopic (exact) mass is 255 g/mol.